The van der Waals surface area contributed by atoms with E-state index in [0.717, 1.165) is 25.7 Å². The maximum Gasteiger partial charge on any atom is 0.315 e. The number of nitrogens with one attached hydrogen (secondary N) is 2. The lowest BCUT2D eigenvalue weighted by molar-refractivity contribution is -0.123. The minimum Gasteiger partial charge on any atom is -0.484 e. The van der Waals surface area contributed by atoms with Crippen molar-refractivity contribution in [2.24, 2.45) is 0 Å². The zero-order valence-corrected chi connectivity index (χ0v) is 15.1. The third kappa shape index (κ3) is 5.80. The minimum atomic E-state index is -0.431. The van der Waals surface area contributed by atoms with Gasteiger partial charge in [-0.25, -0.2) is 0 Å². The monoisotopic (exact) mass is 372 g/mol. The van der Waals surface area contributed by atoms with Crippen LogP contribution in [-0.2, 0) is 4.79 Å². The zero-order chi connectivity index (χ0) is 18.9. The summed E-state index contributed by atoms with van der Waals surface area (Å²) < 4.78 is 10.4. The summed E-state index contributed by atoms with van der Waals surface area (Å²) in [6, 6.07) is 9.09. The molecule has 0 aliphatic heterocycles. The first-order valence-corrected chi connectivity index (χ1v) is 9.29. The average molecular weight is 372 g/mol. The Hall–Kier alpha value is -2.90. The Kier molecular flexibility index (Phi) is 6.78. The maximum absolute atomic E-state index is 12.1. The fourth-order valence-corrected chi connectivity index (χ4v) is 3.02. The second kappa shape index (κ2) is 9.70. The van der Waals surface area contributed by atoms with Gasteiger partial charge in [0.15, 0.2) is 12.4 Å². The van der Waals surface area contributed by atoms with Gasteiger partial charge in [-0.15, -0.1) is 0 Å². The molecule has 8 nitrogen and oxygen atoms in total. The summed E-state index contributed by atoms with van der Waals surface area (Å²) in [5, 5.41) is 9.26. The van der Waals surface area contributed by atoms with Crippen LogP contribution >= 0.6 is 0 Å². The number of carbonyl (C=O) groups is 2. The minimum absolute atomic E-state index is 0.0330. The number of rotatable bonds is 8. The molecule has 1 saturated carbocycles. The Morgan fingerprint density at radius 1 is 1.07 bits per heavy atom. The number of carbonyl (C=O) groups excluding carboxylic acids is 2. The topological polar surface area (TPSA) is 106 Å². The van der Waals surface area contributed by atoms with Gasteiger partial charge in [0, 0.05) is 19.0 Å². The molecule has 27 heavy (non-hydrogen) atoms. The molecule has 0 radical (unpaired) electrons. The summed E-state index contributed by atoms with van der Waals surface area (Å²) in [6.07, 6.45) is 5.64. The van der Waals surface area contributed by atoms with E-state index in [1.165, 1.54) is 6.42 Å². The molecule has 0 unspecified atom stereocenters. The molecule has 1 fully saturated rings. The number of para-hydroxylation sites is 1. The van der Waals surface area contributed by atoms with Crippen molar-refractivity contribution in [2.75, 3.05) is 19.7 Å². The molecule has 2 amide bonds. The Balaban J connectivity index is 1.33. The molecule has 0 saturated heterocycles. The number of benzene rings is 1. The van der Waals surface area contributed by atoms with Gasteiger partial charge in [0.25, 0.3) is 5.91 Å². The van der Waals surface area contributed by atoms with Crippen molar-refractivity contribution in [3.05, 3.63) is 42.0 Å². The average Bonchev–Trinajstić information content (AvgIpc) is 3.21. The lowest BCUT2D eigenvalue weighted by atomic mass is 9.89. The van der Waals surface area contributed by atoms with Gasteiger partial charge in [0.2, 0.25) is 0 Å². The van der Waals surface area contributed by atoms with Gasteiger partial charge < -0.3 is 19.9 Å². The fourth-order valence-electron chi connectivity index (χ4n) is 3.02. The Bertz CT molecular complexity index is 741. The summed E-state index contributed by atoms with van der Waals surface area (Å²) in [7, 11) is 0. The molecule has 0 atom stereocenters. The van der Waals surface area contributed by atoms with E-state index in [1.54, 1.807) is 12.1 Å². The molecule has 1 aromatic carbocycles. The lowest BCUT2D eigenvalue weighted by Crippen LogP contribution is -2.36. The molecule has 144 valence electrons. The molecular weight excluding hydrogens is 348 g/mol. The van der Waals surface area contributed by atoms with Crippen molar-refractivity contribution in [2.45, 2.75) is 38.0 Å². The van der Waals surface area contributed by atoms with Crippen LogP contribution in [0.15, 0.2) is 34.9 Å². The smallest absolute Gasteiger partial charge is 0.315 e. The molecule has 2 aromatic rings. The van der Waals surface area contributed by atoms with Crippen molar-refractivity contribution in [1.29, 1.82) is 0 Å². The molecule has 1 aromatic heterocycles. The SMILES string of the molecule is O=C(COc1ccccc1)NCCNC(=O)c1nc(C2CCCCC2)no1. The van der Waals surface area contributed by atoms with Gasteiger partial charge in [-0.3, -0.25) is 9.59 Å². The van der Waals surface area contributed by atoms with Crippen LogP contribution in [0.25, 0.3) is 0 Å². The fraction of sp³-hybridized carbons (Fsp3) is 0.474. The Morgan fingerprint density at radius 2 is 1.81 bits per heavy atom. The van der Waals surface area contributed by atoms with E-state index >= 15 is 0 Å². The summed E-state index contributed by atoms with van der Waals surface area (Å²) in [5.41, 5.74) is 0. The highest BCUT2D eigenvalue weighted by atomic mass is 16.5. The van der Waals surface area contributed by atoms with Crippen LogP contribution in [0.1, 0.15) is 54.5 Å². The molecular formula is C19H24N4O4. The third-order valence-corrected chi connectivity index (χ3v) is 4.45. The molecule has 0 spiro atoms. The molecule has 0 bridgehead atoms. The van der Waals surface area contributed by atoms with E-state index in [9.17, 15) is 9.59 Å². The van der Waals surface area contributed by atoms with Crippen molar-refractivity contribution in [1.82, 2.24) is 20.8 Å². The first-order chi connectivity index (χ1) is 13.2. The van der Waals surface area contributed by atoms with Crippen LogP contribution in [0.3, 0.4) is 0 Å². The normalized spacial score (nSPS) is 14.5. The number of amides is 2. The van der Waals surface area contributed by atoms with E-state index < -0.39 is 5.91 Å². The van der Waals surface area contributed by atoms with Gasteiger partial charge in [-0.1, -0.05) is 42.6 Å². The first kappa shape index (κ1) is 18.9. The predicted molar refractivity (Wildman–Crippen MR) is 97.4 cm³/mol. The number of hydrogen-bond donors (Lipinski definition) is 2. The molecule has 8 heteroatoms. The molecule has 3 rings (SSSR count). The molecule has 2 N–H and O–H groups in total. The zero-order valence-electron chi connectivity index (χ0n) is 15.1. The van der Waals surface area contributed by atoms with Crippen molar-refractivity contribution < 1.29 is 18.8 Å². The van der Waals surface area contributed by atoms with Crippen LogP contribution in [0.2, 0.25) is 0 Å². The van der Waals surface area contributed by atoms with Gasteiger partial charge >= 0.3 is 11.8 Å². The number of aromatic nitrogens is 2. The number of ether oxygens (including phenoxy) is 1. The Morgan fingerprint density at radius 3 is 2.59 bits per heavy atom. The standard InChI is InChI=1S/C19H24N4O4/c24-16(13-26-15-9-5-2-6-10-15)20-11-12-21-18(25)19-22-17(23-27-19)14-7-3-1-4-8-14/h2,5-6,9-10,14H,1,3-4,7-8,11-13H2,(H,20,24)(H,21,25). The molecule has 1 aliphatic rings. The predicted octanol–water partition coefficient (Wildman–Crippen LogP) is 2.04. The van der Waals surface area contributed by atoms with E-state index in [-0.39, 0.29) is 37.4 Å². The highest BCUT2D eigenvalue weighted by molar-refractivity contribution is 5.89. The van der Waals surface area contributed by atoms with Gasteiger partial charge in [0.05, 0.1) is 0 Å². The maximum atomic E-state index is 12.1. The van der Waals surface area contributed by atoms with Gasteiger partial charge in [-0.05, 0) is 25.0 Å². The van der Waals surface area contributed by atoms with Crippen LogP contribution in [0.5, 0.6) is 5.75 Å². The van der Waals surface area contributed by atoms with Crippen LogP contribution < -0.4 is 15.4 Å². The first-order valence-electron chi connectivity index (χ1n) is 9.29. The van der Waals surface area contributed by atoms with Crippen LogP contribution in [-0.4, -0.2) is 41.7 Å². The van der Waals surface area contributed by atoms with Crippen molar-refractivity contribution in [3.63, 3.8) is 0 Å². The summed E-state index contributed by atoms with van der Waals surface area (Å²) >= 11 is 0. The number of nitrogens with zero attached hydrogens (tertiary/aromatic N) is 2. The highest BCUT2D eigenvalue weighted by Crippen LogP contribution is 2.30. The number of hydrogen-bond acceptors (Lipinski definition) is 6. The summed E-state index contributed by atoms with van der Waals surface area (Å²) in [4.78, 5) is 28.0. The van der Waals surface area contributed by atoms with E-state index in [0.29, 0.717) is 11.6 Å². The highest BCUT2D eigenvalue weighted by Gasteiger charge is 2.23. The van der Waals surface area contributed by atoms with Gasteiger partial charge in [-0.2, -0.15) is 4.98 Å². The van der Waals surface area contributed by atoms with E-state index in [2.05, 4.69) is 20.8 Å². The van der Waals surface area contributed by atoms with E-state index in [4.69, 9.17) is 9.26 Å². The Labute approximate surface area is 157 Å². The molecule has 1 aliphatic carbocycles. The largest absolute Gasteiger partial charge is 0.484 e. The van der Waals surface area contributed by atoms with Crippen molar-refractivity contribution >= 4 is 11.8 Å². The quantitative estimate of drug-likeness (QED) is 0.687. The van der Waals surface area contributed by atoms with Crippen LogP contribution in [0, 0.1) is 0 Å². The second-order valence-electron chi connectivity index (χ2n) is 6.50. The van der Waals surface area contributed by atoms with Crippen molar-refractivity contribution in [3.8, 4) is 5.75 Å². The molecule has 1 heterocycles. The second-order valence-corrected chi connectivity index (χ2v) is 6.50. The van der Waals surface area contributed by atoms with E-state index in [1.807, 2.05) is 18.2 Å². The summed E-state index contributed by atoms with van der Waals surface area (Å²) in [6.45, 7) is 0.468. The summed E-state index contributed by atoms with van der Waals surface area (Å²) in [5.74, 6) is 0.810. The van der Waals surface area contributed by atoms with Gasteiger partial charge in [0.1, 0.15) is 5.75 Å². The third-order valence-electron chi connectivity index (χ3n) is 4.45. The lowest BCUT2D eigenvalue weighted by Gasteiger charge is -2.17. The van der Waals surface area contributed by atoms with Crippen LogP contribution in [0.4, 0.5) is 0 Å².